The van der Waals surface area contributed by atoms with Gasteiger partial charge in [-0.15, -0.1) is 11.3 Å². The lowest BCUT2D eigenvalue weighted by Gasteiger charge is -2.08. The Hall–Kier alpha value is -0.870. The molecule has 2 rings (SSSR count). The molecule has 1 aromatic rings. The highest BCUT2D eigenvalue weighted by Gasteiger charge is 2.22. The Morgan fingerprint density at radius 2 is 2.64 bits per heavy atom. The highest BCUT2D eigenvalue weighted by Crippen LogP contribution is 2.12. The number of carbonyl (C=O) groups is 1. The van der Waals surface area contributed by atoms with E-state index in [-0.39, 0.29) is 12.0 Å². The number of thiophene rings is 1. The zero-order valence-electron chi connectivity index (χ0n) is 7.86. The normalized spacial score (nSPS) is 21.0. The van der Waals surface area contributed by atoms with Crippen LogP contribution in [-0.2, 0) is 16.1 Å². The molecule has 0 unspecified atom stereocenters. The van der Waals surface area contributed by atoms with Gasteiger partial charge in [0.25, 0.3) is 0 Å². The van der Waals surface area contributed by atoms with Crippen LogP contribution in [0.5, 0.6) is 0 Å². The first-order valence-electron chi connectivity index (χ1n) is 4.78. The van der Waals surface area contributed by atoms with Gasteiger partial charge < -0.3 is 10.1 Å². The molecule has 1 fully saturated rings. The summed E-state index contributed by atoms with van der Waals surface area (Å²) in [5, 5.41) is 4.88. The van der Waals surface area contributed by atoms with Crippen molar-refractivity contribution in [1.29, 1.82) is 0 Å². The summed E-state index contributed by atoms with van der Waals surface area (Å²) in [6, 6.07) is 4.00. The van der Waals surface area contributed by atoms with E-state index in [2.05, 4.69) is 5.32 Å². The Kier molecular flexibility index (Phi) is 3.16. The molecule has 1 N–H and O–H groups in total. The quantitative estimate of drug-likeness (QED) is 0.823. The average molecular weight is 211 g/mol. The van der Waals surface area contributed by atoms with E-state index in [0.717, 1.165) is 19.4 Å². The van der Waals surface area contributed by atoms with Gasteiger partial charge >= 0.3 is 0 Å². The monoisotopic (exact) mass is 211 g/mol. The van der Waals surface area contributed by atoms with Gasteiger partial charge in [-0.2, -0.15) is 0 Å². The minimum atomic E-state index is -0.213. The summed E-state index contributed by atoms with van der Waals surface area (Å²) in [5.41, 5.74) is 0. The van der Waals surface area contributed by atoms with Crippen LogP contribution >= 0.6 is 11.3 Å². The van der Waals surface area contributed by atoms with E-state index in [1.807, 2.05) is 17.5 Å². The molecule has 1 amide bonds. The lowest BCUT2D eigenvalue weighted by Crippen LogP contribution is -2.33. The van der Waals surface area contributed by atoms with Crippen LogP contribution in [0, 0.1) is 0 Å². The number of amides is 1. The van der Waals surface area contributed by atoms with Gasteiger partial charge in [0, 0.05) is 11.5 Å². The molecule has 1 saturated heterocycles. The molecule has 2 heterocycles. The molecular weight excluding hydrogens is 198 g/mol. The lowest BCUT2D eigenvalue weighted by atomic mass is 10.2. The van der Waals surface area contributed by atoms with Crippen molar-refractivity contribution in [3.05, 3.63) is 22.4 Å². The summed E-state index contributed by atoms with van der Waals surface area (Å²) >= 11 is 1.65. The maximum atomic E-state index is 11.5. The molecular formula is C10H13NO2S. The van der Waals surface area contributed by atoms with Crippen LogP contribution in [0.2, 0.25) is 0 Å². The summed E-state index contributed by atoms with van der Waals surface area (Å²) in [5.74, 6) is 0.0240. The molecule has 0 aromatic carbocycles. The molecule has 1 atom stereocenters. The maximum Gasteiger partial charge on any atom is 0.249 e. The van der Waals surface area contributed by atoms with Gasteiger partial charge in [-0.05, 0) is 24.3 Å². The van der Waals surface area contributed by atoms with Crippen molar-refractivity contribution >= 4 is 17.2 Å². The molecule has 0 spiro atoms. The van der Waals surface area contributed by atoms with Gasteiger partial charge in [0.2, 0.25) is 5.91 Å². The number of hydrogen-bond donors (Lipinski definition) is 1. The molecule has 0 radical (unpaired) electrons. The third kappa shape index (κ3) is 2.33. The van der Waals surface area contributed by atoms with E-state index < -0.39 is 0 Å². The Labute approximate surface area is 87.1 Å². The Balaban J connectivity index is 1.77. The standard InChI is InChI=1S/C10H13NO2S/c12-10(9-4-1-5-13-9)11-7-8-3-2-6-14-8/h2-3,6,9H,1,4-5,7H2,(H,11,12)/t9-/m0/s1. The van der Waals surface area contributed by atoms with Crippen molar-refractivity contribution in [2.45, 2.75) is 25.5 Å². The topological polar surface area (TPSA) is 38.3 Å². The number of hydrogen-bond acceptors (Lipinski definition) is 3. The first-order chi connectivity index (χ1) is 6.86. The van der Waals surface area contributed by atoms with Gasteiger partial charge in [0.1, 0.15) is 6.10 Å². The highest BCUT2D eigenvalue weighted by atomic mass is 32.1. The fraction of sp³-hybridized carbons (Fsp3) is 0.500. The number of rotatable bonds is 3. The van der Waals surface area contributed by atoms with Crippen molar-refractivity contribution in [3.63, 3.8) is 0 Å². The molecule has 3 nitrogen and oxygen atoms in total. The van der Waals surface area contributed by atoms with Gasteiger partial charge in [-0.25, -0.2) is 0 Å². The lowest BCUT2D eigenvalue weighted by molar-refractivity contribution is -0.130. The molecule has 0 bridgehead atoms. The van der Waals surface area contributed by atoms with E-state index in [4.69, 9.17) is 4.74 Å². The van der Waals surface area contributed by atoms with Crippen LogP contribution in [0.15, 0.2) is 17.5 Å². The van der Waals surface area contributed by atoms with Gasteiger partial charge in [0.15, 0.2) is 0 Å². The van der Waals surface area contributed by atoms with Crippen molar-refractivity contribution in [1.82, 2.24) is 5.32 Å². The molecule has 1 aliphatic heterocycles. The number of ether oxygens (including phenoxy) is 1. The van der Waals surface area contributed by atoms with Gasteiger partial charge in [-0.1, -0.05) is 6.07 Å². The minimum absolute atomic E-state index is 0.0240. The van der Waals surface area contributed by atoms with Crippen molar-refractivity contribution in [2.24, 2.45) is 0 Å². The van der Waals surface area contributed by atoms with Crippen LogP contribution < -0.4 is 5.32 Å². The van der Waals surface area contributed by atoms with E-state index in [9.17, 15) is 4.79 Å². The Morgan fingerprint density at radius 3 is 3.29 bits per heavy atom. The van der Waals surface area contributed by atoms with Crippen LogP contribution in [0.4, 0.5) is 0 Å². The van der Waals surface area contributed by atoms with Crippen molar-refractivity contribution in [3.8, 4) is 0 Å². The van der Waals surface area contributed by atoms with Crippen LogP contribution in [0.25, 0.3) is 0 Å². The predicted octanol–water partition coefficient (Wildman–Crippen LogP) is 1.54. The van der Waals surface area contributed by atoms with Gasteiger partial charge in [0.05, 0.1) is 6.54 Å². The maximum absolute atomic E-state index is 11.5. The van der Waals surface area contributed by atoms with Gasteiger partial charge in [-0.3, -0.25) is 4.79 Å². The second-order valence-electron chi connectivity index (χ2n) is 3.30. The summed E-state index contributed by atoms with van der Waals surface area (Å²) in [6.07, 6.45) is 1.64. The highest BCUT2D eigenvalue weighted by molar-refractivity contribution is 7.09. The first kappa shape index (κ1) is 9.68. The summed E-state index contributed by atoms with van der Waals surface area (Å²) < 4.78 is 5.28. The number of nitrogens with one attached hydrogen (secondary N) is 1. The first-order valence-corrected chi connectivity index (χ1v) is 5.66. The summed E-state index contributed by atoms with van der Waals surface area (Å²) in [6.45, 7) is 1.34. The Bertz CT molecular complexity index is 291. The Morgan fingerprint density at radius 1 is 1.71 bits per heavy atom. The molecule has 0 saturated carbocycles. The second-order valence-corrected chi connectivity index (χ2v) is 4.33. The third-order valence-electron chi connectivity index (χ3n) is 2.24. The predicted molar refractivity (Wildman–Crippen MR) is 55.1 cm³/mol. The zero-order valence-corrected chi connectivity index (χ0v) is 8.68. The molecule has 1 aliphatic rings. The number of carbonyl (C=O) groups excluding carboxylic acids is 1. The molecule has 4 heteroatoms. The second kappa shape index (κ2) is 4.57. The summed E-state index contributed by atoms with van der Waals surface area (Å²) in [4.78, 5) is 12.7. The van der Waals surface area contributed by atoms with Crippen LogP contribution in [0.1, 0.15) is 17.7 Å². The molecule has 76 valence electrons. The van der Waals surface area contributed by atoms with E-state index in [1.54, 1.807) is 11.3 Å². The molecule has 14 heavy (non-hydrogen) atoms. The van der Waals surface area contributed by atoms with E-state index in [1.165, 1.54) is 4.88 Å². The van der Waals surface area contributed by atoms with E-state index >= 15 is 0 Å². The van der Waals surface area contributed by atoms with Crippen LogP contribution in [-0.4, -0.2) is 18.6 Å². The molecule has 0 aliphatic carbocycles. The fourth-order valence-electron chi connectivity index (χ4n) is 1.49. The van der Waals surface area contributed by atoms with Crippen molar-refractivity contribution in [2.75, 3.05) is 6.61 Å². The van der Waals surface area contributed by atoms with Crippen LogP contribution in [0.3, 0.4) is 0 Å². The minimum Gasteiger partial charge on any atom is -0.368 e. The largest absolute Gasteiger partial charge is 0.368 e. The third-order valence-corrected chi connectivity index (χ3v) is 3.12. The van der Waals surface area contributed by atoms with E-state index in [0.29, 0.717) is 6.54 Å². The fourth-order valence-corrected chi connectivity index (χ4v) is 2.13. The zero-order chi connectivity index (χ0) is 9.80. The molecule has 1 aromatic heterocycles. The average Bonchev–Trinajstić information content (AvgIpc) is 2.87. The smallest absolute Gasteiger partial charge is 0.249 e. The SMILES string of the molecule is O=C(NCc1cccs1)[C@@H]1CCCO1. The van der Waals surface area contributed by atoms with Crippen molar-refractivity contribution < 1.29 is 9.53 Å². The summed E-state index contributed by atoms with van der Waals surface area (Å²) in [7, 11) is 0.